The van der Waals surface area contributed by atoms with Crippen molar-refractivity contribution in [2.75, 3.05) is 0 Å². The Kier molecular flexibility index (Phi) is 96.2. The molecule has 0 amide bonds. The molecule has 0 aromatic rings. The molecule has 0 nitrogen and oxygen atoms in total. The molecule has 0 heterocycles. The fraction of sp³-hybridized carbons (Fsp3) is 0.143. The minimum atomic E-state index is 0. The van der Waals surface area contributed by atoms with E-state index < -0.39 is 0 Å². The summed E-state index contributed by atoms with van der Waals surface area (Å²) >= 11 is 0.139. The van der Waals surface area contributed by atoms with Crippen LogP contribution in [0.1, 0.15) is 12.8 Å². The van der Waals surface area contributed by atoms with Crippen LogP contribution < -0.4 is 0 Å². The third kappa shape index (κ3) is 45.5. The minimum absolute atomic E-state index is 0. The van der Waals surface area contributed by atoms with Crippen LogP contribution in [0.5, 0.6) is 0 Å². The summed E-state index contributed by atoms with van der Waals surface area (Å²) in [5.74, 6) is 0. The summed E-state index contributed by atoms with van der Waals surface area (Å²) in [6, 6.07) is 0. The Labute approximate surface area is 149 Å². The predicted octanol–water partition coefficient (Wildman–Crippen LogP) is 3.42. The molecule has 0 aliphatic heterocycles. The van der Waals surface area contributed by atoms with Gasteiger partial charge in [-0.3, -0.25) is 12.2 Å². The second-order valence-electron chi connectivity index (χ2n) is 2.26. The molecular weight excluding hydrogens is 474 g/mol. The molecule has 0 bridgehead atoms. The molecule has 0 saturated carbocycles. The van der Waals surface area contributed by atoms with E-state index in [1.54, 1.807) is 0 Å². The normalized spacial score (nSPS) is 9.68. The molecule has 0 aromatic heterocycles. The molecule has 0 aromatic carbocycles. The van der Waals surface area contributed by atoms with Gasteiger partial charge in [0.05, 0.1) is 0 Å². The van der Waals surface area contributed by atoms with E-state index >= 15 is 0 Å². The second kappa shape index (κ2) is 42.8. The van der Waals surface area contributed by atoms with Gasteiger partial charge in [0, 0.05) is 0 Å². The average Bonchev–Trinajstić information content (AvgIpc) is 2.85. The Bertz CT molecular complexity index is 225. The Morgan fingerprint density at radius 2 is 1.00 bits per heavy atom. The van der Waals surface area contributed by atoms with Gasteiger partial charge < -0.3 is 29.7 Å². The molecule has 19 heavy (non-hydrogen) atoms. The van der Waals surface area contributed by atoms with Crippen LogP contribution in [0.15, 0.2) is 36.5 Å². The summed E-state index contributed by atoms with van der Waals surface area (Å²) < 4.78 is 0. The van der Waals surface area contributed by atoms with E-state index in [1.807, 2.05) is 24.3 Å². The molecule has 116 valence electrons. The van der Waals surface area contributed by atoms with Gasteiger partial charge in [-0.2, -0.15) is 12.2 Å². The number of halogens is 2. The number of hydrogen-bond acceptors (Lipinski definition) is 0. The Morgan fingerprint density at radius 1 is 0.737 bits per heavy atom. The van der Waals surface area contributed by atoms with Gasteiger partial charge in [0.2, 0.25) is 0 Å². The van der Waals surface area contributed by atoms with Gasteiger partial charge in [0.1, 0.15) is 0 Å². The van der Waals surface area contributed by atoms with Gasteiger partial charge in [-0.15, -0.1) is 37.7 Å². The first-order chi connectivity index (χ1) is 6.41. The zero-order chi connectivity index (χ0) is 9.78. The molecule has 0 unspecified atom stereocenters. The number of rotatable bonds is 0. The maximum absolute atomic E-state index is 2.99. The predicted molar refractivity (Wildman–Crippen MR) is 100 cm³/mol. The summed E-state index contributed by atoms with van der Waals surface area (Å²) in [7, 11) is 0. The summed E-state index contributed by atoms with van der Waals surface area (Å²) in [6.45, 7) is 4.36. The number of allylic oxidation sites excluding steroid dienone is 8. The van der Waals surface area contributed by atoms with E-state index in [2.05, 4.69) is 38.2 Å². The summed E-state index contributed by atoms with van der Waals surface area (Å²) in [6.07, 6.45) is 20.0. The zero-order valence-corrected chi connectivity index (χ0v) is 20.7. The molecule has 0 atom stereocenters. The van der Waals surface area contributed by atoms with E-state index in [0.717, 1.165) is 12.8 Å². The number of hydrogen-bond donors (Lipinski definition) is 0. The summed E-state index contributed by atoms with van der Waals surface area (Å²) in [4.78, 5) is 0. The SMILES string of the molecule is Cl.Cl.[C-]1=CC=CC1.[C-]1=CC=CC1.[CH3-].[CH3-].[CH3-].[CH3-].[SiH2]=[Hf]=[SiH2]. The Balaban J connectivity index is -0.0000000201. The first-order valence-corrected chi connectivity index (χ1v) is 20.8. The van der Waals surface area contributed by atoms with Gasteiger partial charge in [-0.05, 0) is 0 Å². The zero-order valence-electron chi connectivity index (χ0n) is 12.6. The van der Waals surface area contributed by atoms with Gasteiger partial charge in [-0.1, -0.05) is 0 Å². The summed E-state index contributed by atoms with van der Waals surface area (Å²) in [5, 5.41) is 0. The van der Waals surface area contributed by atoms with Crippen LogP contribution in [0.2, 0.25) is 0 Å². The van der Waals surface area contributed by atoms with Crippen molar-refractivity contribution >= 4 is 38.7 Å². The molecule has 0 fully saturated rings. The van der Waals surface area contributed by atoms with Crippen LogP contribution in [0.25, 0.3) is 0 Å². The van der Waals surface area contributed by atoms with Crippen molar-refractivity contribution in [2.45, 2.75) is 12.8 Å². The van der Waals surface area contributed by atoms with Crippen molar-refractivity contribution in [1.29, 1.82) is 0 Å². The molecule has 5 heteroatoms. The quantitative estimate of drug-likeness (QED) is 0.352. The van der Waals surface area contributed by atoms with Crippen LogP contribution in [0, 0.1) is 41.9 Å². The molecule has 0 spiro atoms. The summed E-state index contributed by atoms with van der Waals surface area (Å²) in [5.41, 5.74) is 0. The van der Waals surface area contributed by atoms with Gasteiger partial charge in [-0.25, -0.2) is 24.3 Å². The van der Waals surface area contributed by atoms with E-state index in [-0.39, 0.29) is 74.7 Å². The molecule has 0 N–H and O–H groups in total. The first-order valence-electron chi connectivity index (χ1n) is 4.14. The van der Waals surface area contributed by atoms with E-state index in [0.29, 0.717) is 0 Å². The molecule has 2 aliphatic rings. The Morgan fingerprint density at radius 3 is 1.05 bits per heavy atom. The average molecular weight is 502 g/mol. The van der Waals surface area contributed by atoms with Crippen molar-refractivity contribution in [3.63, 3.8) is 0 Å². The Hall–Kier alpha value is 0.844. The topological polar surface area (TPSA) is 0 Å². The molecule has 0 saturated heterocycles. The molecular formula is C14H28Cl2HfSi2-6. The maximum atomic E-state index is 2.99. The van der Waals surface area contributed by atoms with Crippen LogP contribution >= 0.6 is 24.8 Å². The van der Waals surface area contributed by atoms with Crippen molar-refractivity contribution < 1.29 is 20.2 Å². The van der Waals surface area contributed by atoms with Crippen molar-refractivity contribution in [1.82, 2.24) is 0 Å². The van der Waals surface area contributed by atoms with Gasteiger partial charge in [0.25, 0.3) is 0 Å². The van der Waals surface area contributed by atoms with Crippen LogP contribution in [0.3, 0.4) is 0 Å². The molecule has 2 rings (SSSR count). The van der Waals surface area contributed by atoms with Crippen LogP contribution in [-0.4, -0.2) is 13.9 Å². The van der Waals surface area contributed by atoms with E-state index in [1.165, 1.54) is 0 Å². The molecule has 2 aliphatic carbocycles. The van der Waals surface area contributed by atoms with E-state index in [4.69, 9.17) is 0 Å². The fourth-order valence-electron chi connectivity index (χ4n) is 0.680. The third-order valence-corrected chi connectivity index (χ3v) is 1.17. The fourth-order valence-corrected chi connectivity index (χ4v) is 0.680. The standard InChI is InChI=1S/2C5H5.4CH3.2ClH.Hf.2H2Si/c2*1-2-4-5-3-1;;;;;;;;;/h2*1-3H,4H2;4*1H3;2*1H;;2*1H2/q6*-1;;;;;. The van der Waals surface area contributed by atoms with Gasteiger partial charge in [0.15, 0.2) is 0 Å². The van der Waals surface area contributed by atoms with Crippen molar-refractivity contribution in [3.8, 4) is 0 Å². The van der Waals surface area contributed by atoms with Gasteiger partial charge >= 0.3 is 34.0 Å². The first kappa shape index (κ1) is 42.7. The van der Waals surface area contributed by atoms with Crippen LogP contribution in [-0.2, 0) is 20.2 Å². The molecule has 0 radical (unpaired) electrons. The van der Waals surface area contributed by atoms with Crippen LogP contribution in [0.4, 0.5) is 0 Å². The third-order valence-electron chi connectivity index (χ3n) is 1.17. The second-order valence-corrected chi connectivity index (χ2v) is 20.4. The van der Waals surface area contributed by atoms with Crippen molar-refractivity contribution in [3.05, 3.63) is 78.3 Å². The van der Waals surface area contributed by atoms with E-state index in [9.17, 15) is 0 Å². The monoisotopic (exact) mass is 502 g/mol. The van der Waals surface area contributed by atoms with Crippen molar-refractivity contribution in [2.24, 2.45) is 0 Å².